The molecule has 56 valence electrons. The summed E-state index contributed by atoms with van der Waals surface area (Å²) in [7, 11) is 0. The van der Waals surface area contributed by atoms with E-state index in [4.69, 9.17) is 0 Å². The summed E-state index contributed by atoms with van der Waals surface area (Å²) in [6.07, 6.45) is 1.75. The van der Waals surface area contributed by atoms with Gasteiger partial charge in [-0.2, -0.15) is 36.4 Å². The van der Waals surface area contributed by atoms with Crippen LogP contribution in [-0.4, -0.2) is 0 Å². The maximum absolute atomic E-state index is 3.36. The van der Waals surface area contributed by atoms with Crippen LogP contribution in [0.1, 0.15) is 6.92 Å². The second kappa shape index (κ2) is 16.9. The number of benzene rings is 1. The number of hydrogen-bond acceptors (Lipinski definition) is 0. The molecule has 0 spiro atoms. The maximum atomic E-state index is 3.36. The van der Waals surface area contributed by atoms with Crippen LogP contribution in [0.2, 0.25) is 0 Å². The van der Waals surface area contributed by atoms with Gasteiger partial charge in [0, 0.05) is 0 Å². The predicted molar refractivity (Wildman–Crippen MR) is 47.6 cm³/mol. The van der Waals surface area contributed by atoms with Gasteiger partial charge in [-0.15, -0.1) is 6.58 Å². The molecule has 11 heavy (non-hydrogen) atoms. The molecule has 0 heterocycles. The number of allylic oxidation sites excluding steroid dienone is 1. The van der Waals surface area contributed by atoms with Gasteiger partial charge in [-0.3, -0.25) is 0 Å². The third-order valence-electron chi connectivity index (χ3n) is 0.607. The van der Waals surface area contributed by atoms with Gasteiger partial charge in [0.05, 0.1) is 0 Å². The maximum Gasteiger partial charge on any atom is 1.00 e. The van der Waals surface area contributed by atoms with Gasteiger partial charge >= 0.3 is 51.4 Å². The van der Waals surface area contributed by atoms with Crippen LogP contribution in [0.15, 0.2) is 43.0 Å². The van der Waals surface area contributed by atoms with Crippen molar-refractivity contribution in [3.8, 4) is 0 Å². The van der Waals surface area contributed by atoms with Gasteiger partial charge < -0.3 is 7.43 Å². The minimum Gasteiger partial charge on any atom is -0.358 e. The summed E-state index contributed by atoms with van der Waals surface area (Å²) >= 11 is 0. The fourth-order valence-electron chi connectivity index (χ4n) is 0.342. The number of rotatable bonds is 0. The SMILES string of the molecule is C=CC.[CH3-].[K+].[c-]1ccccc1. The summed E-state index contributed by atoms with van der Waals surface area (Å²) in [5.74, 6) is 0. The molecule has 0 unspecified atom stereocenters. The molecule has 0 aliphatic carbocycles. The monoisotopic (exact) mass is 173 g/mol. The molecule has 1 rings (SSSR count). The van der Waals surface area contributed by atoms with Crippen molar-refractivity contribution in [2.45, 2.75) is 6.92 Å². The van der Waals surface area contributed by atoms with E-state index < -0.39 is 0 Å². The van der Waals surface area contributed by atoms with E-state index in [1.165, 1.54) is 0 Å². The van der Waals surface area contributed by atoms with Crippen LogP contribution in [0, 0.1) is 13.5 Å². The van der Waals surface area contributed by atoms with Crippen LogP contribution in [0.25, 0.3) is 0 Å². The fraction of sp³-hybridized carbons (Fsp3) is 0.100. The molecular formula is C10H14K-. The van der Waals surface area contributed by atoms with Crippen LogP contribution >= 0.6 is 0 Å². The Labute approximate surface area is 113 Å². The van der Waals surface area contributed by atoms with Crippen molar-refractivity contribution in [2.75, 3.05) is 0 Å². The molecule has 1 aromatic carbocycles. The van der Waals surface area contributed by atoms with Crippen LogP contribution in [0.4, 0.5) is 0 Å². The van der Waals surface area contributed by atoms with Crippen molar-refractivity contribution in [1.29, 1.82) is 0 Å². The van der Waals surface area contributed by atoms with E-state index in [2.05, 4.69) is 12.6 Å². The summed E-state index contributed by atoms with van der Waals surface area (Å²) in [5.41, 5.74) is 0. The Morgan fingerprint density at radius 1 is 1.18 bits per heavy atom. The van der Waals surface area contributed by atoms with Gasteiger partial charge in [-0.05, 0) is 6.92 Å². The Balaban J connectivity index is -0.000000116. The van der Waals surface area contributed by atoms with Crippen molar-refractivity contribution in [1.82, 2.24) is 0 Å². The minimum absolute atomic E-state index is 0. The van der Waals surface area contributed by atoms with E-state index in [1.807, 2.05) is 37.3 Å². The third-order valence-corrected chi connectivity index (χ3v) is 0.607. The minimum atomic E-state index is 0. The molecule has 0 saturated heterocycles. The third kappa shape index (κ3) is 18.0. The molecule has 0 radical (unpaired) electrons. The molecule has 0 atom stereocenters. The molecule has 0 saturated carbocycles. The molecule has 0 N–H and O–H groups in total. The average molecular weight is 173 g/mol. The Kier molecular flexibility index (Phi) is 27.1. The molecule has 0 aliphatic heterocycles. The van der Waals surface area contributed by atoms with Crippen molar-refractivity contribution in [3.63, 3.8) is 0 Å². The Morgan fingerprint density at radius 2 is 1.55 bits per heavy atom. The van der Waals surface area contributed by atoms with E-state index in [0.29, 0.717) is 0 Å². The topological polar surface area (TPSA) is 0 Å². The van der Waals surface area contributed by atoms with Gasteiger partial charge in [0.2, 0.25) is 0 Å². The molecule has 0 nitrogen and oxygen atoms in total. The summed E-state index contributed by atoms with van der Waals surface area (Å²) in [6, 6.07) is 12.5. The molecular weight excluding hydrogens is 159 g/mol. The van der Waals surface area contributed by atoms with Crippen molar-refractivity contribution in [3.05, 3.63) is 56.5 Å². The first kappa shape index (κ1) is 17.6. The second-order valence-corrected chi connectivity index (χ2v) is 1.49. The Bertz CT molecular complexity index is 108. The van der Waals surface area contributed by atoms with Crippen molar-refractivity contribution >= 4 is 0 Å². The smallest absolute Gasteiger partial charge is 0.358 e. The zero-order valence-corrected chi connectivity index (χ0v) is 10.8. The van der Waals surface area contributed by atoms with Crippen molar-refractivity contribution in [2.24, 2.45) is 0 Å². The van der Waals surface area contributed by atoms with Gasteiger partial charge in [0.25, 0.3) is 0 Å². The first-order chi connectivity index (χ1) is 4.41. The molecule has 1 heteroatoms. The Hall–Kier alpha value is 0.596. The first-order valence-corrected chi connectivity index (χ1v) is 2.90. The van der Waals surface area contributed by atoms with Crippen LogP contribution in [0.5, 0.6) is 0 Å². The van der Waals surface area contributed by atoms with E-state index >= 15 is 0 Å². The average Bonchev–Trinajstić information content (AvgIpc) is 1.93. The van der Waals surface area contributed by atoms with Gasteiger partial charge in [-0.25, -0.2) is 0 Å². The standard InChI is InChI=1S/C6H5.C3H6.CH3.K/c1-2-4-6-5-3-1;1-3-2;;/h1-5H;3H,1H2,2H3;1H3;/q-1;;-1;+1. The van der Waals surface area contributed by atoms with Crippen LogP contribution in [-0.2, 0) is 0 Å². The summed E-state index contributed by atoms with van der Waals surface area (Å²) in [6.45, 7) is 5.25. The van der Waals surface area contributed by atoms with Crippen molar-refractivity contribution < 1.29 is 51.4 Å². The normalized spacial score (nSPS) is 5.55. The summed E-state index contributed by atoms with van der Waals surface area (Å²) < 4.78 is 0. The first-order valence-electron chi connectivity index (χ1n) is 2.90. The molecule has 0 aliphatic rings. The molecule has 0 amide bonds. The molecule has 1 aromatic rings. The van der Waals surface area contributed by atoms with E-state index in [-0.39, 0.29) is 58.8 Å². The second-order valence-electron chi connectivity index (χ2n) is 1.49. The molecule has 0 fully saturated rings. The van der Waals surface area contributed by atoms with E-state index in [9.17, 15) is 0 Å². The van der Waals surface area contributed by atoms with Gasteiger partial charge in [0.15, 0.2) is 0 Å². The zero-order valence-electron chi connectivity index (χ0n) is 7.67. The fourth-order valence-corrected chi connectivity index (χ4v) is 0.342. The van der Waals surface area contributed by atoms with Gasteiger partial charge in [0.1, 0.15) is 0 Å². The van der Waals surface area contributed by atoms with Gasteiger partial charge in [-0.1, -0.05) is 6.08 Å². The zero-order chi connectivity index (χ0) is 6.95. The molecule has 0 aromatic heterocycles. The largest absolute Gasteiger partial charge is 1.00 e. The summed E-state index contributed by atoms with van der Waals surface area (Å²) in [5, 5.41) is 0. The van der Waals surface area contributed by atoms with E-state index in [1.54, 1.807) is 6.08 Å². The number of hydrogen-bond donors (Lipinski definition) is 0. The van der Waals surface area contributed by atoms with Crippen LogP contribution < -0.4 is 51.4 Å². The summed E-state index contributed by atoms with van der Waals surface area (Å²) in [4.78, 5) is 0. The molecule has 0 bridgehead atoms. The Morgan fingerprint density at radius 3 is 1.64 bits per heavy atom. The van der Waals surface area contributed by atoms with E-state index in [0.717, 1.165) is 0 Å². The predicted octanol–water partition coefficient (Wildman–Crippen LogP) is 0.133. The van der Waals surface area contributed by atoms with Crippen LogP contribution in [0.3, 0.4) is 0 Å². The quantitative estimate of drug-likeness (QED) is 0.297.